The summed E-state index contributed by atoms with van der Waals surface area (Å²) in [5.74, 6) is -1.66. The Morgan fingerprint density at radius 2 is 2.00 bits per heavy atom. The van der Waals surface area contributed by atoms with Gasteiger partial charge in [0.25, 0.3) is 0 Å². The van der Waals surface area contributed by atoms with Crippen molar-refractivity contribution in [1.82, 2.24) is 4.31 Å². The molecule has 8 heteroatoms. The number of nitrogens with zero attached hydrogens (tertiary/aromatic N) is 1. The van der Waals surface area contributed by atoms with Gasteiger partial charge in [-0.2, -0.15) is 4.31 Å². The lowest BCUT2D eigenvalue weighted by Crippen LogP contribution is -2.40. The van der Waals surface area contributed by atoms with Gasteiger partial charge in [0, 0.05) is 19.1 Å². The van der Waals surface area contributed by atoms with Crippen LogP contribution in [0.3, 0.4) is 0 Å². The van der Waals surface area contributed by atoms with E-state index < -0.39 is 26.6 Å². The minimum absolute atomic E-state index is 0. The zero-order valence-corrected chi connectivity index (χ0v) is 12.6. The first-order valence-corrected chi connectivity index (χ1v) is 7.49. The molecule has 114 valence electrons. The Hall–Kier alpha value is -0.760. The highest BCUT2D eigenvalue weighted by atomic mass is 35.5. The van der Waals surface area contributed by atoms with Gasteiger partial charge in [0.15, 0.2) is 0 Å². The van der Waals surface area contributed by atoms with Crippen molar-refractivity contribution in [2.75, 3.05) is 13.1 Å². The van der Waals surface area contributed by atoms with Gasteiger partial charge >= 0.3 is 0 Å². The number of aryl methyl sites for hydroxylation is 1. The largest absolute Gasteiger partial charge is 0.329 e. The first kappa shape index (κ1) is 17.3. The summed E-state index contributed by atoms with van der Waals surface area (Å²) in [4.78, 5) is -0.615. The molecule has 2 N–H and O–H groups in total. The van der Waals surface area contributed by atoms with Crippen molar-refractivity contribution in [1.29, 1.82) is 0 Å². The number of hydrogen-bond donors (Lipinski definition) is 1. The number of sulfonamides is 1. The quantitative estimate of drug-likeness (QED) is 0.921. The van der Waals surface area contributed by atoms with Gasteiger partial charge in [-0.25, -0.2) is 17.2 Å². The van der Waals surface area contributed by atoms with Gasteiger partial charge in [-0.1, -0.05) is 0 Å². The van der Waals surface area contributed by atoms with E-state index in [1.807, 2.05) is 0 Å². The molecule has 1 aromatic rings. The maximum absolute atomic E-state index is 13.8. The molecule has 1 aromatic carbocycles. The summed E-state index contributed by atoms with van der Waals surface area (Å²) in [6.45, 7) is 1.85. The van der Waals surface area contributed by atoms with Crippen molar-refractivity contribution in [2.45, 2.75) is 30.7 Å². The van der Waals surface area contributed by atoms with Crippen LogP contribution in [0.4, 0.5) is 8.78 Å². The Kier molecular flexibility index (Phi) is 5.48. The van der Waals surface area contributed by atoms with Crippen LogP contribution in [0, 0.1) is 18.6 Å². The fourth-order valence-corrected chi connectivity index (χ4v) is 4.08. The second kappa shape index (κ2) is 6.34. The van der Waals surface area contributed by atoms with E-state index in [1.165, 1.54) is 11.2 Å². The highest BCUT2D eigenvalue weighted by molar-refractivity contribution is 7.89. The molecular weight excluding hydrogens is 310 g/mol. The normalized spacial score (nSPS) is 19.9. The van der Waals surface area contributed by atoms with Crippen LogP contribution in [0.25, 0.3) is 0 Å². The standard InChI is InChI=1S/C12H16F2N2O2S.ClH/c1-8-5-11(14)12(6-10(8)13)19(17,18)16-4-2-3-9(16)7-15;/h5-6,9H,2-4,7,15H2,1H3;1H. The number of rotatable bonds is 3. The minimum Gasteiger partial charge on any atom is -0.329 e. The van der Waals surface area contributed by atoms with E-state index in [-0.39, 0.29) is 30.6 Å². The molecule has 1 aliphatic heterocycles. The van der Waals surface area contributed by atoms with Gasteiger partial charge in [0.05, 0.1) is 0 Å². The number of benzene rings is 1. The molecule has 1 atom stereocenters. The Bertz CT molecular complexity index is 595. The van der Waals surface area contributed by atoms with Crippen LogP contribution >= 0.6 is 12.4 Å². The third-order valence-electron chi connectivity index (χ3n) is 3.39. The van der Waals surface area contributed by atoms with Crippen LogP contribution in [0.1, 0.15) is 18.4 Å². The Morgan fingerprint density at radius 1 is 1.35 bits per heavy atom. The monoisotopic (exact) mass is 326 g/mol. The molecule has 0 aliphatic carbocycles. The Labute approximate surface area is 123 Å². The van der Waals surface area contributed by atoms with E-state index in [2.05, 4.69) is 0 Å². The fourth-order valence-electron chi connectivity index (χ4n) is 2.31. The lowest BCUT2D eigenvalue weighted by molar-refractivity contribution is 0.389. The van der Waals surface area contributed by atoms with Crippen LogP contribution in [-0.2, 0) is 10.0 Å². The molecule has 0 bridgehead atoms. The molecule has 1 saturated heterocycles. The minimum atomic E-state index is -4.03. The average molecular weight is 327 g/mol. The summed E-state index contributed by atoms with van der Waals surface area (Å²) >= 11 is 0. The fraction of sp³-hybridized carbons (Fsp3) is 0.500. The molecule has 20 heavy (non-hydrogen) atoms. The Balaban J connectivity index is 0.00000200. The molecular formula is C12H17ClF2N2O2S. The molecule has 0 radical (unpaired) electrons. The van der Waals surface area contributed by atoms with Gasteiger partial charge in [0.1, 0.15) is 16.5 Å². The molecule has 1 aliphatic rings. The van der Waals surface area contributed by atoms with Gasteiger partial charge in [-0.15, -0.1) is 12.4 Å². The highest BCUT2D eigenvalue weighted by Crippen LogP contribution is 2.28. The van der Waals surface area contributed by atoms with E-state index in [4.69, 9.17) is 5.73 Å². The summed E-state index contributed by atoms with van der Waals surface area (Å²) in [6, 6.07) is 1.30. The van der Waals surface area contributed by atoms with Crippen molar-refractivity contribution < 1.29 is 17.2 Å². The molecule has 4 nitrogen and oxygen atoms in total. The second-order valence-corrected chi connectivity index (χ2v) is 6.54. The van der Waals surface area contributed by atoms with E-state index in [9.17, 15) is 17.2 Å². The Morgan fingerprint density at radius 3 is 2.60 bits per heavy atom. The van der Waals surface area contributed by atoms with Crippen molar-refractivity contribution in [3.05, 3.63) is 29.3 Å². The predicted octanol–water partition coefficient (Wildman–Crippen LogP) is 1.81. The predicted molar refractivity (Wildman–Crippen MR) is 74.3 cm³/mol. The van der Waals surface area contributed by atoms with E-state index in [0.29, 0.717) is 19.4 Å². The van der Waals surface area contributed by atoms with Gasteiger partial charge in [-0.3, -0.25) is 0 Å². The molecule has 2 rings (SSSR count). The number of hydrogen-bond acceptors (Lipinski definition) is 3. The third kappa shape index (κ3) is 2.95. The van der Waals surface area contributed by atoms with E-state index >= 15 is 0 Å². The molecule has 1 unspecified atom stereocenters. The van der Waals surface area contributed by atoms with Crippen molar-refractivity contribution in [3.8, 4) is 0 Å². The lowest BCUT2D eigenvalue weighted by Gasteiger charge is -2.23. The summed E-state index contributed by atoms with van der Waals surface area (Å²) < 4.78 is 53.2. The molecule has 0 amide bonds. The molecule has 1 fully saturated rings. The van der Waals surface area contributed by atoms with Gasteiger partial charge < -0.3 is 5.73 Å². The summed E-state index contributed by atoms with van der Waals surface area (Å²) in [6.07, 6.45) is 1.32. The van der Waals surface area contributed by atoms with E-state index in [0.717, 1.165) is 12.1 Å². The topological polar surface area (TPSA) is 63.4 Å². The smallest absolute Gasteiger partial charge is 0.246 e. The summed E-state index contributed by atoms with van der Waals surface area (Å²) in [5.41, 5.74) is 5.59. The van der Waals surface area contributed by atoms with Crippen molar-refractivity contribution >= 4 is 22.4 Å². The average Bonchev–Trinajstić information content (AvgIpc) is 2.82. The zero-order chi connectivity index (χ0) is 14.2. The van der Waals surface area contributed by atoms with Gasteiger partial charge in [0.2, 0.25) is 10.0 Å². The van der Waals surface area contributed by atoms with Crippen LogP contribution in [0.15, 0.2) is 17.0 Å². The zero-order valence-electron chi connectivity index (χ0n) is 11.0. The third-order valence-corrected chi connectivity index (χ3v) is 5.36. The molecule has 0 saturated carbocycles. The molecule has 0 aromatic heterocycles. The highest BCUT2D eigenvalue weighted by Gasteiger charge is 2.36. The molecule has 0 spiro atoms. The van der Waals surface area contributed by atoms with Crippen LogP contribution in [0.5, 0.6) is 0 Å². The number of nitrogens with two attached hydrogens (primary N) is 1. The van der Waals surface area contributed by atoms with Crippen LogP contribution < -0.4 is 5.73 Å². The SMILES string of the molecule is Cc1cc(F)c(S(=O)(=O)N2CCCC2CN)cc1F.Cl. The van der Waals surface area contributed by atoms with Gasteiger partial charge in [-0.05, 0) is 37.5 Å². The second-order valence-electron chi connectivity index (χ2n) is 4.68. The first-order chi connectivity index (χ1) is 8.87. The van der Waals surface area contributed by atoms with Crippen LogP contribution in [0.2, 0.25) is 0 Å². The number of halogens is 3. The summed E-state index contributed by atoms with van der Waals surface area (Å²) in [7, 11) is -4.03. The maximum Gasteiger partial charge on any atom is 0.246 e. The van der Waals surface area contributed by atoms with Crippen LogP contribution in [-0.4, -0.2) is 31.9 Å². The summed E-state index contributed by atoms with van der Waals surface area (Å²) in [5, 5.41) is 0. The lowest BCUT2D eigenvalue weighted by atomic mass is 10.2. The van der Waals surface area contributed by atoms with E-state index in [1.54, 1.807) is 0 Å². The van der Waals surface area contributed by atoms with Crippen molar-refractivity contribution in [2.24, 2.45) is 5.73 Å². The van der Waals surface area contributed by atoms with Crippen molar-refractivity contribution in [3.63, 3.8) is 0 Å². The first-order valence-electron chi connectivity index (χ1n) is 6.05. The molecule has 1 heterocycles. The maximum atomic E-state index is 13.8.